The maximum atomic E-state index is 10.9. The fourth-order valence-corrected chi connectivity index (χ4v) is 1.60. The van der Waals surface area contributed by atoms with Crippen LogP contribution in [0.5, 0.6) is 0 Å². The molecule has 1 unspecified atom stereocenters. The van der Waals surface area contributed by atoms with Gasteiger partial charge in [0.1, 0.15) is 0 Å². The highest BCUT2D eigenvalue weighted by molar-refractivity contribution is 7.53. The van der Waals surface area contributed by atoms with Crippen LogP contribution in [0.15, 0.2) is 0 Å². The Morgan fingerprint density at radius 3 is 2.40 bits per heavy atom. The third kappa shape index (κ3) is 4.94. The zero-order chi connectivity index (χ0) is 8.04. The molecule has 5 heteroatoms. The Balaban J connectivity index is 3.53. The van der Waals surface area contributed by atoms with Crippen LogP contribution >= 0.6 is 7.67 Å². The first-order valence-corrected chi connectivity index (χ1v) is 5.11. The first-order valence-electron chi connectivity index (χ1n) is 3.45. The van der Waals surface area contributed by atoms with E-state index in [4.69, 9.17) is 4.89 Å². The number of hydrogen-bond donors (Lipinski definition) is 3. The van der Waals surface area contributed by atoms with Gasteiger partial charge in [0.05, 0.1) is 0 Å². The van der Waals surface area contributed by atoms with Crippen LogP contribution in [-0.4, -0.2) is 18.0 Å². The Morgan fingerprint density at radius 1 is 1.40 bits per heavy atom. The van der Waals surface area contributed by atoms with Gasteiger partial charge < -0.3 is 4.89 Å². The standard InChI is InChI=1S/C5H15N2O2P/c1-3-5-7-10(8,9)6-4-2/h3-5H2,1-2H3,(H3,6,7,8,9). The van der Waals surface area contributed by atoms with Gasteiger partial charge in [0.2, 0.25) is 0 Å². The second-order valence-electron chi connectivity index (χ2n) is 2.00. The normalized spacial score (nSPS) is 16.7. The SMILES string of the molecule is CCCNP(=O)(O)NCC. The minimum atomic E-state index is -3.21. The lowest BCUT2D eigenvalue weighted by molar-refractivity contribution is 0.448. The Morgan fingerprint density at radius 2 is 2.00 bits per heavy atom. The van der Waals surface area contributed by atoms with Crippen LogP contribution in [0.25, 0.3) is 0 Å². The van der Waals surface area contributed by atoms with E-state index in [9.17, 15) is 4.57 Å². The van der Waals surface area contributed by atoms with Crippen LogP contribution in [0.3, 0.4) is 0 Å². The van der Waals surface area contributed by atoms with Crippen LogP contribution in [0, 0.1) is 0 Å². The molecule has 0 spiro atoms. The summed E-state index contributed by atoms with van der Waals surface area (Å²) in [5, 5.41) is 4.97. The first kappa shape index (κ1) is 10.1. The van der Waals surface area contributed by atoms with E-state index in [0.717, 1.165) is 6.42 Å². The molecule has 3 N–H and O–H groups in total. The zero-order valence-corrected chi connectivity index (χ0v) is 7.32. The molecule has 0 fully saturated rings. The third-order valence-corrected chi connectivity index (χ3v) is 2.35. The van der Waals surface area contributed by atoms with Gasteiger partial charge >= 0.3 is 7.67 Å². The highest BCUT2D eigenvalue weighted by atomic mass is 31.2. The van der Waals surface area contributed by atoms with Gasteiger partial charge in [-0.05, 0) is 6.42 Å². The fourth-order valence-electron chi connectivity index (χ4n) is 0.534. The zero-order valence-electron chi connectivity index (χ0n) is 6.42. The van der Waals surface area contributed by atoms with Crippen molar-refractivity contribution in [2.75, 3.05) is 13.1 Å². The van der Waals surface area contributed by atoms with E-state index in [0.29, 0.717) is 13.1 Å². The minimum absolute atomic E-state index is 0.504. The van der Waals surface area contributed by atoms with E-state index in [1.165, 1.54) is 0 Å². The molecule has 0 radical (unpaired) electrons. The molecule has 62 valence electrons. The summed E-state index contributed by atoms with van der Waals surface area (Å²) in [6.45, 7) is 4.81. The molecule has 0 aromatic heterocycles. The fraction of sp³-hybridized carbons (Fsp3) is 1.00. The molecule has 0 aliphatic carbocycles. The molecule has 0 heterocycles. The van der Waals surface area contributed by atoms with Crippen molar-refractivity contribution >= 4 is 7.67 Å². The van der Waals surface area contributed by atoms with Crippen molar-refractivity contribution in [2.45, 2.75) is 20.3 Å². The molecule has 4 nitrogen and oxygen atoms in total. The average Bonchev–Trinajstić information content (AvgIpc) is 1.84. The Labute approximate surface area is 61.6 Å². The molecule has 0 aliphatic rings. The van der Waals surface area contributed by atoms with Gasteiger partial charge in [-0.3, -0.25) is 4.57 Å². The maximum Gasteiger partial charge on any atom is 0.338 e. The molecule has 0 bridgehead atoms. The largest absolute Gasteiger partial charge is 0.338 e. The second kappa shape index (κ2) is 4.85. The molecule has 0 saturated heterocycles. The number of hydrogen-bond acceptors (Lipinski definition) is 1. The van der Waals surface area contributed by atoms with Crippen molar-refractivity contribution in [2.24, 2.45) is 0 Å². The van der Waals surface area contributed by atoms with Crippen molar-refractivity contribution in [1.82, 2.24) is 10.2 Å². The van der Waals surface area contributed by atoms with E-state index < -0.39 is 7.67 Å². The Bertz CT molecular complexity index is 129. The molecule has 0 aromatic carbocycles. The molecule has 0 amide bonds. The first-order chi connectivity index (χ1) is 4.62. The summed E-state index contributed by atoms with van der Waals surface area (Å²) < 4.78 is 10.9. The van der Waals surface area contributed by atoms with E-state index in [2.05, 4.69) is 10.2 Å². The third-order valence-electron chi connectivity index (χ3n) is 0.949. The topological polar surface area (TPSA) is 61.4 Å². The summed E-state index contributed by atoms with van der Waals surface area (Å²) in [4.78, 5) is 8.98. The number of rotatable bonds is 5. The summed E-state index contributed by atoms with van der Waals surface area (Å²) in [6.07, 6.45) is 0.857. The highest BCUT2D eigenvalue weighted by Gasteiger charge is 2.12. The maximum absolute atomic E-state index is 10.9. The monoisotopic (exact) mass is 166 g/mol. The lowest BCUT2D eigenvalue weighted by Crippen LogP contribution is -2.22. The molecular weight excluding hydrogens is 151 g/mol. The van der Waals surface area contributed by atoms with Gasteiger partial charge in [0.25, 0.3) is 0 Å². The van der Waals surface area contributed by atoms with Crippen LogP contribution < -0.4 is 10.2 Å². The molecule has 1 atom stereocenters. The second-order valence-corrected chi connectivity index (χ2v) is 3.78. The van der Waals surface area contributed by atoms with Crippen molar-refractivity contribution in [3.05, 3.63) is 0 Å². The van der Waals surface area contributed by atoms with E-state index >= 15 is 0 Å². The quantitative estimate of drug-likeness (QED) is 0.526. The summed E-state index contributed by atoms with van der Waals surface area (Å²) in [5.74, 6) is 0. The molecule has 0 aliphatic heterocycles. The van der Waals surface area contributed by atoms with Gasteiger partial charge in [0, 0.05) is 13.1 Å². The van der Waals surface area contributed by atoms with E-state index in [1.54, 1.807) is 6.92 Å². The lowest BCUT2D eigenvalue weighted by atomic mass is 10.5. The Hall–Kier alpha value is 0.110. The van der Waals surface area contributed by atoms with Crippen molar-refractivity contribution in [3.8, 4) is 0 Å². The van der Waals surface area contributed by atoms with Gasteiger partial charge in [0.15, 0.2) is 0 Å². The minimum Gasteiger partial charge on any atom is -0.322 e. The van der Waals surface area contributed by atoms with Crippen molar-refractivity contribution in [1.29, 1.82) is 0 Å². The Kier molecular flexibility index (Phi) is 4.91. The molecule has 0 aromatic rings. The van der Waals surface area contributed by atoms with Crippen LogP contribution in [-0.2, 0) is 4.57 Å². The predicted molar refractivity (Wildman–Crippen MR) is 41.8 cm³/mol. The van der Waals surface area contributed by atoms with Gasteiger partial charge in [-0.15, -0.1) is 0 Å². The number of nitrogens with one attached hydrogen (secondary N) is 2. The van der Waals surface area contributed by atoms with Crippen LogP contribution in [0.1, 0.15) is 20.3 Å². The average molecular weight is 166 g/mol. The summed E-state index contributed by atoms with van der Waals surface area (Å²) in [6, 6.07) is 0. The van der Waals surface area contributed by atoms with Crippen molar-refractivity contribution < 1.29 is 9.46 Å². The van der Waals surface area contributed by atoms with Crippen LogP contribution in [0.4, 0.5) is 0 Å². The predicted octanol–water partition coefficient (Wildman–Crippen LogP) is 0.696. The summed E-state index contributed by atoms with van der Waals surface area (Å²) >= 11 is 0. The molecular formula is C5H15N2O2P. The van der Waals surface area contributed by atoms with Crippen LogP contribution in [0.2, 0.25) is 0 Å². The van der Waals surface area contributed by atoms with Crippen molar-refractivity contribution in [3.63, 3.8) is 0 Å². The molecule has 0 rings (SSSR count). The summed E-state index contributed by atoms with van der Waals surface area (Å²) in [7, 11) is -3.21. The van der Waals surface area contributed by atoms with Gasteiger partial charge in [-0.1, -0.05) is 13.8 Å². The van der Waals surface area contributed by atoms with E-state index in [-0.39, 0.29) is 0 Å². The lowest BCUT2D eigenvalue weighted by Gasteiger charge is -2.11. The van der Waals surface area contributed by atoms with Gasteiger partial charge in [-0.25, -0.2) is 10.2 Å². The smallest absolute Gasteiger partial charge is 0.322 e. The van der Waals surface area contributed by atoms with E-state index in [1.807, 2.05) is 6.92 Å². The molecule has 10 heavy (non-hydrogen) atoms. The summed E-state index contributed by atoms with van der Waals surface area (Å²) in [5.41, 5.74) is 0. The van der Waals surface area contributed by atoms with Gasteiger partial charge in [-0.2, -0.15) is 0 Å². The highest BCUT2D eigenvalue weighted by Crippen LogP contribution is 2.28. The molecule has 0 saturated carbocycles.